The molecule has 8 rings (SSSR count). The number of hydrogen-bond acceptors (Lipinski definition) is 7. The molecule has 0 unspecified atom stereocenters. The number of rotatable bonds is 3. The van der Waals surface area contributed by atoms with Crippen molar-refractivity contribution < 1.29 is 0 Å². The number of hydrogen-bond donors (Lipinski definition) is 3. The van der Waals surface area contributed by atoms with E-state index in [2.05, 4.69) is 71.7 Å². The Morgan fingerprint density at radius 1 is 0.396 bits per heavy atom. The molecule has 53 heavy (non-hydrogen) atoms. The predicted octanol–water partition coefficient (Wildman–Crippen LogP) is 10.1. The number of anilines is 3. The third-order valence-electron chi connectivity index (χ3n) is 8.69. The summed E-state index contributed by atoms with van der Waals surface area (Å²) >= 11 is 0. The number of nitrogens with two attached hydrogens (primary N) is 3. The van der Waals surface area contributed by atoms with Crippen LogP contribution in [0.4, 0.5) is 17.1 Å². The van der Waals surface area contributed by atoms with Gasteiger partial charge in [0.1, 0.15) is 18.2 Å². The van der Waals surface area contributed by atoms with Gasteiger partial charge in [0.15, 0.2) is 0 Å². The molecule has 0 atom stereocenters. The fourth-order valence-electron chi connectivity index (χ4n) is 5.90. The molecule has 0 aliphatic rings. The second-order valence-electron chi connectivity index (χ2n) is 12.1. The van der Waals surface area contributed by atoms with Gasteiger partial charge in [0.05, 0.1) is 33.8 Å². The lowest BCUT2D eigenvalue weighted by atomic mass is 9.97. The van der Waals surface area contributed by atoms with Crippen LogP contribution in [0.25, 0.3) is 54.9 Å². The van der Waals surface area contributed by atoms with Crippen molar-refractivity contribution >= 4 is 38.6 Å². The van der Waals surface area contributed by atoms with Crippen LogP contribution in [0.2, 0.25) is 0 Å². The first-order valence-corrected chi connectivity index (χ1v) is 16.6. The largest absolute Gasteiger partial charge is 0.398 e. The molecule has 1 heterocycles. The van der Waals surface area contributed by atoms with E-state index in [1.165, 1.54) is 21.5 Å². The summed E-state index contributed by atoms with van der Waals surface area (Å²) in [6.45, 7) is 0. The highest BCUT2D eigenvalue weighted by Crippen LogP contribution is 2.31. The molecule has 8 aromatic rings. The Balaban J connectivity index is 0.000000137. The van der Waals surface area contributed by atoms with E-state index >= 15 is 0 Å². The van der Waals surface area contributed by atoms with Gasteiger partial charge in [-0.25, -0.2) is 0 Å². The summed E-state index contributed by atoms with van der Waals surface area (Å²) in [6, 6.07) is 55.5. The molecule has 0 bridgehead atoms. The molecule has 0 amide bonds. The third kappa shape index (κ3) is 8.11. The number of nitrogen functional groups attached to an aromatic ring is 3. The van der Waals surface area contributed by atoms with E-state index in [1.807, 2.05) is 78.9 Å². The number of fused-ring (bicyclic) bond motifs is 2. The van der Waals surface area contributed by atoms with Gasteiger partial charge >= 0.3 is 0 Å². The highest BCUT2D eigenvalue weighted by atomic mass is 14.6. The quantitative estimate of drug-likeness (QED) is 0.156. The molecule has 6 N–H and O–H groups in total. The normalized spacial score (nSPS) is 10.1. The number of aromatic nitrogens is 1. The number of pyridine rings is 1. The SMILES string of the molecule is N#Cc1ccc(-c2ccc3ccccc3c2)cc1N.N#Cc1ccc(-c2cccc3ccccc23)cc1N.N#Cc1ccc(-c2cccnc2)cc1N. The fourth-order valence-corrected chi connectivity index (χ4v) is 5.90. The molecule has 0 fully saturated rings. The topological polar surface area (TPSA) is 162 Å². The summed E-state index contributed by atoms with van der Waals surface area (Å²) in [6.07, 6.45) is 3.48. The van der Waals surface area contributed by atoms with Crippen LogP contribution in [0.5, 0.6) is 0 Å². The average Bonchev–Trinajstić information content (AvgIpc) is 3.21. The lowest BCUT2D eigenvalue weighted by Crippen LogP contribution is -1.91. The Hall–Kier alpha value is -7.92. The highest BCUT2D eigenvalue weighted by Gasteiger charge is 2.07. The molecule has 7 nitrogen and oxygen atoms in total. The van der Waals surface area contributed by atoms with Crippen molar-refractivity contribution in [3.63, 3.8) is 0 Å². The van der Waals surface area contributed by atoms with Gasteiger partial charge in [-0.1, -0.05) is 103 Å². The summed E-state index contributed by atoms with van der Waals surface area (Å²) in [5.74, 6) is 0. The van der Waals surface area contributed by atoms with Crippen LogP contribution in [0, 0.1) is 34.0 Å². The van der Waals surface area contributed by atoms with Crippen LogP contribution in [0.3, 0.4) is 0 Å². The third-order valence-corrected chi connectivity index (χ3v) is 8.69. The maximum Gasteiger partial charge on any atom is 0.101 e. The molecule has 0 aliphatic heterocycles. The van der Waals surface area contributed by atoms with E-state index in [4.69, 9.17) is 33.0 Å². The maximum atomic E-state index is 8.92. The number of benzene rings is 7. The van der Waals surface area contributed by atoms with Gasteiger partial charge < -0.3 is 17.2 Å². The number of nitriles is 3. The van der Waals surface area contributed by atoms with Gasteiger partial charge in [-0.05, 0) is 97.9 Å². The second kappa shape index (κ2) is 16.2. The van der Waals surface area contributed by atoms with Crippen molar-refractivity contribution in [2.45, 2.75) is 0 Å². The Bertz CT molecular complexity index is 2690. The van der Waals surface area contributed by atoms with Gasteiger partial charge in [-0.3, -0.25) is 4.98 Å². The molecule has 7 aromatic carbocycles. The van der Waals surface area contributed by atoms with Gasteiger partial charge in [0, 0.05) is 18.0 Å². The first-order chi connectivity index (χ1) is 25.9. The van der Waals surface area contributed by atoms with Gasteiger partial charge in [-0.15, -0.1) is 0 Å². The molecular formula is C46H33N7. The Morgan fingerprint density at radius 2 is 0.887 bits per heavy atom. The summed E-state index contributed by atoms with van der Waals surface area (Å²) in [4.78, 5) is 4.03. The van der Waals surface area contributed by atoms with Gasteiger partial charge in [0.2, 0.25) is 0 Å². The van der Waals surface area contributed by atoms with E-state index in [0.29, 0.717) is 33.8 Å². The van der Waals surface area contributed by atoms with Gasteiger partial charge in [-0.2, -0.15) is 15.8 Å². The van der Waals surface area contributed by atoms with Crippen LogP contribution < -0.4 is 17.2 Å². The molecule has 0 aliphatic carbocycles. The summed E-state index contributed by atoms with van der Waals surface area (Å²) in [5, 5.41) is 31.3. The van der Waals surface area contributed by atoms with Crippen molar-refractivity contribution in [2.24, 2.45) is 0 Å². The molecule has 0 saturated heterocycles. The highest BCUT2D eigenvalue weighted by molar-refractivity contribution is 5.97. The average molecular weight is 684 g/mol. The Kier molecular flexibility index (Phi) is 10.7. The van der Waals surface area contributed by atoms with E-state index < -0.39 is 0 Å². The Labute approximate surface area is 308 Å². The van der Waals surface area contributed by atoms with Crippen molar-refractivity contribution in [2.75, 3.05) is 17.2 Å². The van der Waals surface area contributed by atoms with Crippen LogP contribution in [0.15, 0.2) is 164 Å². The zero-order valence-electron chi connectivity index (χ0n) is 28.6. The summed E-state index contributed by atoms with van der Waals surface area (Å²) < 4.78 is 0. The standard InChI is InChI=1S/2C17H12N2.C12H9N3/c18-11-14-9-8-13(10-17(14)19)16-7-3-5-12-4-1-2-6-15(12)16;18-11-16-8-7-15(10-17(16)19)14-6-5-12-3-1-2-4-13(12)9-14;13-7-10-4-3-9(6-12(10)14)11-2-1-5-15-8-11/h2*1-10H,19H2;1-6,8H,14H2. The second-order valence-corrected chi connectivity index (χ2v) is 12.1. The van der Waals surface area contributed by atoms with Crippen molar-refractivity contribution in [1.29, 1.82) is 15.8 Å². The minimum atomic E-state index is 0.499. The monoisotopic (exact) mass is 683 g/mol. The number of nitrogens with zero attached hydrogens (tertiary/aromatic N) is 4. The zero-order valence-corrected chi connectivity index (χ0v) is 28.6. The minimum Gasteiger partial charge on any atom is -0.398 e. The molecule has 0 saturated carbocycles. The maximum absolute atomic E-state index is 8.92. The van der Waals surface area contributed by atoms with E-state index in [1.54, 1.807) is 36.7 Å². The Morgan fingerprint density at radius 3 is 1.47 bits per heavy atom. The predicted molar refractivity (Wildman–Crippen MR) is 216 cm³/mol. The van der Waals surface area contributed by atoms with Crippen molar-refractivity contribution in [1.82, 2.24) is 4.98 Å². The first-order valence-electron chi connectivity index (χ1n) is 16.6. The first kappa shape index (κ1) is 34.9. The fraction of sp³-hybridized carbons (Fsp3) is 0. The molecule has 7 heteroatoms. The van der Waals surface area contributed by atoms with E-state index in [-0.39, 0.29) is 0 Å². The van der Waals surface area contributed by atoms with Crippen LogP contribution >= 0.6 is 0 Å². The molecular weight excluding hydrogens is 651 g/mol. The van der Waals surface area contributed by atoms with Crippen molar-refractivity contribution in [3.8, 4) is 51.6 Å². The zero-order chi connectivity index (χ0) is 37.2. The lowest BCUT2D eigenvalue weighted by Gasteiger charge is -2.08. The van der Waals surface area contributed by atoms with E-state index in [9.17, 15) is 0 Å². The van der Waals surface area contributed by atoms with E-state index in [0.717, 1.165) is 33.4 Å². The summed E-state index contributed by atoms with van der Waals surface area (Å²) in [5.41, 5.74) is 26.8. The molecule has 1 aromatic heterocycles. The van der Waals surface area contributed by atoms with Crippen molar-refractivity contribution in [3.05, 3.63) is 181 Å². The van der Waals surface area contributed by atoms with Crippen LogP contribution in [0.1, 0.15) is 16.7 Å². The van der Waals surface area contributed by atoms with Crippen LogP contribution in [-0.4, -0.2) is 4.98 Å². The summed E-state index contributed by atoms with van der Waals surface area (Å²) in [7, 11) is 0. The van der Waals surface area contributed by atoms with Crippen LogP contribution in [-0.2, 0) is 0 Å². The smallest absolute Gasteiger partial charge is 0.101 e. The lowest BCUT2D eigenvalue weighted by molar-refractivity contribution is 1.33. The minimum absolute atomic E-state index is 0.499. The molecule has 252 valence electrons. The molecule has 0 radical (unpaired) electrons. The molecule has 0 spiro atoms. The van der Waals surface area contributed by atoms with Gasteiger partial charge in [0.25, 0.3) is 0 Å².